The third-order valence-corrected chi connectivity index (χ3v) is 3.88. The first-order valence-electron chi connectivity index (χ1n) is 7.12. The molecule has 1 aromatic carbocycles. The number of halogens is 2. The second kappa shape index (κ2) is 10.00. The maximum atomic E-state index is 8.52. The van der Waals surface area contributed by atoms with Crippen LogP contribution in [0.3, 0.4) is 0 Å². The van der Waals surface area contributed by atoms with Gasteiger partial charge in [-0.2, -0.15) is 0 Å². The van der Waals surface area contributed by atoms with Gasteiger partial charge in [-0.3, -0.25) is 18.7 Å². The normalized spacial score (nSPS) is 15.3. The van der Waals surface area contributed by atoms with Crippen LogP contribution in [-0.2, 0) is 10.4 Å². The van der Waals surface area contributed by atoms with Crippen LogP contribution in [0.4, 0.5) is 0 Å². The van der Waals surface area contributed by atoms with E-state index in [4.69, 9.17) is 56.6 Å². The van der Waals surface area contributed by atoms with Gasteiger partial charge in [0.2, 0.25) is 0 Å². The molecule has 1 saturated heterocycles. The van der Waals surface area contributed by atoms with Crippen molar-refractivity contribution >= 4 is 39.6 Å². The Morgan fingerprint density at radius 3 is 2.12 bits per heavy atom. The summed E-state index contributed by atoms with van der Waals surface area (Å²) in [7, 11) is -5.17. The number of nitrogens with two attached hydrogens (primary N) is 1. The molecule has 1 fully saturated rings. The number of nitrogens with zero attached hydrogens (tertiary/aromatic N) is 2. The third-order valence-electron chi connectivity index (χ3n) is 3.29. The molecule has 25 heavy (non-hydrogen) atoms. The molecule has 0 aliphatic carbocycles. The van der Waals surface area contributed by atoms with Crippen LogP contribution in [0.25, 0.3) is 0 Å². The van der Waals surface area contributed by atoms with Crippen LogP contribution in [0.5, 0.6) is 5.75 Å². The monoisotopic (exact) mass is 412 g/mol. The number of guanidine groups is 1. The molecule has 1 aliphatic rings. The van der Waals surface area contributed by atoms with E-state index < -0.39 is 10.4 Å². The predicted octanol–water partition coefficient (Wildman–Crippen LogP) is 0.545. The summed E-state index contributed by atoms with van der Waals surface area (Å²) >= 11 is 12.1. The quantitative estimate of drug-likeness (QED) is 0.315. The molecule has 0 spiro atoms. The van der Waals surface area contributed by atoms with Crippen LogP contribution in [0.2, 0.25) is 10.0 Å². The Morgan fingerprint density at radius 1 is 1.20 bits per heavy atom. The van der Waals surface area contributed by atoms with Gasteiger partial charge in [0.1, 0.15) is 6.61 Å². The first-order valence-corrected chi connectivity index (χ1v) is 9.21. The molecule has 3 N–H and O–H groups in total. The summed E-state index contributed by atoms with van der Waals surface area (Å²) < 4.78 is 39.7. The van der Waals surface area contributed by atoms with E-state index in [1.807, 2.05) is 4.90 Å². The van der Waals surface area contributed by atoms with Crippen LogP contribution in [0.15, 0.2) is 18.2 Å². The van der Waals surface area contributed by atoms with Crippen molar-refractivity contribution in [3.8, 4) is 5.75 Å². The van der Waals surface area contributed by atoms with Crippen molar-refractivity contribution in [1.29, 1.82) is 5.41 Å². The topological polar surface area (TPSA) is 146 Å². The van der Waals surface area contributed by atoms with Crippen molar-refractivity contribution in [3.63, 3.8) is 0 Å². The molecular weight excluding hydrogens is 395 g/mol. The lowest BCUT2D eigenvalue weighted by molar-refractivity contribution is 0.153. The summed E-state index contributed by atoms with van der Waals surface area (Å²) in [5.74, 6) is 0.682. The van der Waals surface area contributed by atoms with E-state index in [-0.39, 0.29) is 5.96 Å². The molecule has 1 heterocycles. The van der Waals surface area contributed by atoms with E-state index in [1.165, 1.54) is 0 Å². The summed E-state index contributed by atoms with van der Waals surface area (Å²) in [5, 5.41) is 8.44. The van der Waals surface area contributed by atoms with E-state index in [0.29, 0.717) is 22.4 Å². The summed E-state index contributed by atoms with van der Waals surface area (Å²) in [6.07, 6.45) is 0. The zero-order valence-corrected chi connectivity index (χ0v) is 15.5. The lowest BCUT2D eigenvalue weighted by Crippen LogP contribution is -2.51. The Kier molecular flexibility index (Phi) is 8.69. The fourth-order valence-corrected chi connectivity index (χ4v) is 2.62. The van der Waals surface area contributed by atoms with Crippen molar-refractivity contribution < 1.29 is 22.3 Å². The minimum atomic E-state index is -5.17. The van der Waals surface area contributed by atoms with E-state index in [1.54, 1.807) is 18.2 Å². The van der Waals surface area contributed by atoms with Crippen LogP contribution in [-0.4, -0.2) is 72.6 Å². The fourth-order valence-electron chi connectivity index (χ4n) is 2.11. The van der Waals surface area contributed by atoms with Crippen molar-refractivity contribution in [2.45, 2.75) is 0 Å². The molecule has 0 saturated carbocycles. The van der Waals surface area contributed by atoms with Gasteiger partial charge >= 0.3 is 0 Å². The van der Waals surface area contributed by atoms with Gasteiger partial charge in [-0.15, -0.1) is 0 Å². The number of para-hydroxylation sites is 1. The average Bonchev–Trinajstić information content (AvgIpc) is 2.49. The predicted molar refractivity (Wildman–Crippen MR) is 92.4 cm³/mol. The van der Waals surface area contributed by atoms with Crippen LogP contribution in [0.1, 0.15) is 0 Å². The number of rotatable bonds is 4. The van der Waals surface area contributed by atoms with Gasteiger partial charge in [0.25, 0.3) is 0 Å². The molecule has 142 valence electrons. The van der Waals surface area contributed by atoms with Gasteiger partial charge in [-0.05, 0) is 12.1 Å². The first-order chi connectivity index (χ1) is 11.6. The Hall–Kier alpha value is -1.30. The highest BCUT2D eigenvalue weighted by Crippen LogP contribution is 2.32. The Balaban J connectivity index is 0.000000550. The van der Waals surface area contributed by atoms with Crippen LogP contribution in [0, 0.1) is 5.41 Å². The number of hydrogen-bond acceptors (Lipinski definition) is 7. The minimum Gasteiger partial charge on any atom is -0.759 e. The van der Waals surface area contributed by atoms with Gasteiger partial charge < -0.3 is 24.5 Å². The highest BCUT2D eigenvalue weighted by Gasteiger charge is 2.17. The maximum absolute atomic E-state index is 8.52. The molecule has 2 rings (SSSR count). The molecule has 0 unspecified atom stereocenters. The molecule has 0 aromatic heterocycles. The number of hydrogen-bond donors (Lipinski definition) is 2. The zero-order chi connectivity index (χ0) is 19.0. The van der Waals surface area contributed by atoms with Gasteiger partial charge in [-0.1, -0.05) is 29.3 Å². The van der Waals surface area contributed by atoms with E-state index in [9.17, 15) is 0 Å². The minimum absolute atomic E-state index is 0.142. The molecule has 0 amide bonds. The lowest BCUT2D eigenvalue weighted by Gasteiger charge is -2.34. The molecular formula is C13H18Cl2N4O5S-2. The standard InChI is InChI=1S/C13H18Cl2N4O.H2O4S/c14-10-2-1-3-11(15)12(10)20-9-8-18-4-6-19(7-5-18)13(16)17;1-5(2,3)4/h1-3H,4-9H2,(H3,16,17);(H2,1,2,3,4)/p-2. The van der Waals surface area contributed by atoms with Crippen molar-refractivity contribution in [2.24, 2.45) is 5.73 Å². The van der Waals surface area contributed by atoms with Crippen molar-refractivity contribution in [3.05, 3.63) is 28.2 Å². The first kappa shape index (κ1) is 21.7. The van der Waals surface area contributed by atoms with Gasteiger partial charge in [0.05, 0.1) is 10.0 Å². The maximum Gasteiger partial charge on any atom is 0.188 e. The van der Waals surface area contributed by atoms with Gasteiger partial charge in [0.15, 0.2) is 11.7 Å². The zero-order valence-electron chi connectivity index (χ0n) is 13.2. The van der Waals surface area contributed by atoms with E-state index in [2.05, 4.69) is 4.90 Å². The largest absolute Gasteiger partial charge is 0.759 e. The average molecular weight is 413 g/mol. The summed E-state index contributed by atoms with van der Waals surface area (Å²) in [5.41, 5.74) is 5.46. The summed E-state index contributed by atoms with van der Waals surface area (Å²) in [6.45, 7) is 4.64. The molecule has 0 bridgehead atoms. The third kappa shape index (κ3) is 9.10. The second-order valence-corrected chi connectivity index (χ2v) is 6.65. The van der Waals surface area contributed by atoms with E-state index in [0.717, 1.165) is 32.7 Å². The molecule has 0 atom stereocenters. The lowest BCUT2D eigenvalue weighted by atomic mass is 10.3. The number of ether oxygens (including phenoxy) is 1. The van der Waals surface area contributed by atoms with Gasteiger partial charge in [-0.25, -0.2) is 0 Å². The van der Waals surface area contributed by atoms with Crippen LogP contribution >= 0.6 is 23.2 Å². The number of piperazine rings is 1. The summed E-state index contributed by atoms with van der Waals surface area (Å²) in [6, 6.07) is 5.31. The van der Waals surface area contributed by atoms with Crippen molar-refractivity contribution in [2.75, 3.05) is 39.3 Å². The smallest absolute Gasteiger partial charge is 0.188 e. The van der Waals surface area contributed by atoms with E-state index >= 15 is 0 Å². The van der Waals surface area contributed by atoms with Gasteiger partial charge in [0, 0.05) is 43.1 Å². The number of benzene rings is 1. The second-order valence-electron chi connectivity index (χ2n) is 5.02. The van der Waals surface area contributed by atoms with Crippen molar-refractivity contribution in [1.82, 2.24) is 9.80 Å². The molecule has 1 aliphatic heterocycles. The molecule has 1 aromatic rings. The highest BCUT2D eigenvalue weighted by atomic mass is 35.5. The molecule has 9 nitrogen and oxygen atoms in total. The Bertz CT molecular complexity index is 653. The SMILES string of the molecule is N=C(N)N1CCN(CCOc2c(Cl)cccc2Cl)CC1.O=S(=O)([O-])[O-]. The molecule has 12 heteroatoms. The summed E-state index contributed by atoms with van der Waals surface area (Å²) in [4.78, 5) is 4.13. The Morgan fingerprint density at radius 2 is 1.68 bits per heavy atom. The highest BCUT2D eigenvalue weighted by molar-refractivity contribution is 7.79. The Labute approximate surface area is 156 Å². The fraction of sp³-hybridized carbons (Fsp3) is 0.462. The molecule has 0 radical (unpaired) electrons. The number of nitrogens with one attached hydrogen (secondary N) is 1. The van der Waals surface area contributed by atoms with Crippen LogP contribution < -0.4 is 10.5 Å².